The van der Waals surface area contributed by atoms with Crippen molar-refractivity contribution in [3.8, 4) is 17.2 Å². The smallest absolute Gasteiger partial charge is 0.416 e. The van der Waals surface area contributed by atoms with Gasteiger partial charge in [0.2, 0.25) is 0 Å². The van der Waals surface area contributed by atoms with Crippen molar-refractivity contribution in [3.05, 3.63) is 46.7 Å². The summed E-state index contributed by atoms with van der Waals surface area (Å²) in [5, 5.41) is 9.20. The van der Waals surface area contributed by atoms with E-state index in [9.17, 15) is 27.5 Å². The highest BCUT2D eigenvalue weighted by Gasteiger charge is 2.33. The number of amides is 1. The number of ether oxygens (including phenoxy) is 2. The number of hydrogen-bond acceptors (Lipinski definition) is 3. The van der Waals surface area contributed by atoms with Crippen molar-refractivity contribution >= 4 is 23.4 Å². The Labute approximate surface area is 169 Å². The van der Waals surface area contributed by atoms with Crippen LogP contribution in [0.25, 0.3) is 0 Å². The van der Waals surface area contributed by atoms with Gasteiger partial charge in [-0.15, -0.1) is 0 Å². The van der Waals surface area contributed by atoms with Crippen molar-refractivity contribution < 1.29 is 36.9 Å². The molecule has 0 fully saturated rings. The predicted octanol–water partition coefficient (Wildman–Crippen LogP) is 6.58. The summed E-state index contributed by atoms with van der Waals surface area (Å²) < 4.78 is 63.2. The summed E-state index contributed by atoms with van der Waals surface area (Å²) >= 11 is 5.84. The molecular weight excluding hydrogens is 418 g/mol. The molecule has 0 aliphatic rings. The second-order valence-corrected chi connectivity index (χ2v) is 7.40. The van der Waals surface area contributed by atoms with Crippen LogP contribution in [0.2, 0.25) is 5.02 Å². The Bertz CT molecular complexity index is 926. The number of halogens is 5. The molecule has 29 heavy (non-hydrogen) atoms. The summed E-state index contributed by atoms with van der Waals surface area (Å²) in [6.45, 7) is 4.87. The number of carboxylic acid groups (broad SMARTS) is 1. The van der Waals surface area contributed by atoms with Gasteiger partial charge in [0.15, 0.2) is 11.6 Å². The van der Waals surface area contributed by atoms with Crippen LogP contribution in [-0.4, -0.2) is 23.8 Å². The molecule has 0 atom stereocenters. The molecule has 0 bridgehead atoms. The Kier molecular flexibility index (Phi) is 6.22. The van der Waals surface area contributed by atoms with E-state index < -0.39 is 34.9 Å². The molecule has 0 radical (unpaired) electrons. The number of nitrogens with zero attached hydrogens (tertiary/aromatic N) is 1. The van der Waals surface area contributed by atoms with Crippen LogP contribution < -0.4 is 14.4 Å². The molecule has 1 amide bonds. The Balaban J connectivity index is 2.54. The first-order valence-corrected chi connectivity index (χ1v) is 8.58. The third-order valence-corrected chi connectivity index (χ3v) is 4.11. The van der Waals surface area contributed by atoms with Crippen molar-refractivity contribution in [1.29, 1.82) is 0 Å². The standard InChI is InChI=1S/C19H18ClF4NO4/c1-18(2,3)25(17(26)27)13-9-15(12(21)8-16(13)28-4)29-14-6-5-10(7-11(14)20)19(22,23)24/h5-9H,1-4H3,(H,26,27). The Morgan fingerprint density at radius 2 is 1.69 bits per heavy atom. The van der Waals surface area contributed by atoms with Crippen molar-refractivity contribution in [3.63, 3.8) is 0 Å². The molecule has 0 aliphatic carbocycles. The average Bonchev–Trinajstić information content (AvgIpc) is 2.56. The van der Waals surface area contributed by atoms with Crippen LogP contribution in [0.5, 0.6) is 17.2 Å². The van der Waals surface area contributed by atoms with E-state index in [0.717, 1.165) is 29.2 Å². The minimum Gasteiger partial charge on any atom is -0.494 e. The monoisotopic (exact) mass is 435 g/mol. The van der Waals surface area contributed by atoms with Crippen LogP contribution in [-0.2, 0) is 6.18 Å². The molecule has 1 N–H and O–H groups in total. The molecule has 2 aromatic rings. The Morgan fingerprint density at radius 1 is 1.07 bits per heavy atom. The van der Waals surface area contributed by atoms with Gasteiger partial charge in [-0.05, 0) is 39.0 Å². The first kappa shape index (κ1) is 22.6. The van der Waals surface area contributed by atoms with Crippen molar-refractivity contribution in [2.75, 3.05) is 12.0 Å². The second-order valence-electron chi connectivity index (χ2n) is 6.99. The molecule has 0 aromatic heterocycles. The molecule has 158 valence electrons. The van der Waals surface area contributed by atoms with Gasteiger partial charge in [0, 0.05) is 17.7 Å². The second kappa shape index (κ2) is 7.98. The first-order chi connectivity index (χ1) is 13.3. The van der Waals surface area contributed by atoms with Gasteiger partial charge in [0.05, 0.1) is 23.4 Å². The number of alkyl halides is 3. The van der Waals surface area contributed by atoms with Crippen LogP contribution in [0, 0.1) is 5.82 Å². The third kappa shape index (κ3) is 5.03. The average molecular weight is 436 g/mol. The van der Waals surface area contributed by atoms with E-state index in [-0.39, 0.29) is 22.2 Å². The zero-order valence-electron chi connectivity index (χ0n) is 15.9. The lowest BCUT2D eigenvalue weighted by atomic mass is 10.0. The molecule has 0 unspecified atom stereocenters. The summed E-state index contributed by atoms with van der Waals surface area (Å²) in [4.78, 5) is 12.7. The zero-order chi connectivity index (χ0) is 22.1. The van der Waals surface area contributed by atoms with Crippen LogP contribution in [0.15, 0.2) is 30.3 Å². The van der Waals surface area contributed by atoms with Crippen molar-refractivity contribution in [2.24, 2.45) is 0 Å². The van der Waals surface area contributed by atoms with Crippen LogP contribution in [0.3, 0.4) is 0 Å². The van der Waals surface area contributed by atoms with E-state index in [0.29, 0.717) is 6.07 Å². The van der Waals surface area contributed by atoms with Gasteiger partial charge < -0.3 is 14.6 Å². The number of benzene rings is 2. The maximum Gasteiger partial charge on any atom is 0.416 e. The third-order valence-electron chi connectivity index (χ3n) is 3.82. The van der Waals surface area contributed by atoms with Crippen LogP contribution >= 0.6 is 11.6 Å². The highest BCUT2D eigenvalue weighted by atomic mass is 35.5. The maximum absolute atomic E-state index is 14.5. The topological polar surface area (TPSA) is 59.0 Å². The first-order valence-electron chi connectivity index (χ1n) is 8.21. The molecule has 0 spiro atoms. The lowest BCUT2D eigenvalue weighted by molar-refractivity contribution is -0.137. The van der Waals surface area contributed by atoms with Crippen LogP contribution in [0.1, 0.15) is 26.3 Å². The molecular formula is C19H18ClF4NO4. The van der Waals surface area contributed by atoms with E-state index in [1.165, 1.54) is 7.11 Å². The van der Waals surface area contributed by atoms with Gasteiger partial charge in [-0.25, -0.2) is 9.18 Å². The van der Waals surface area contributed by atoms with Crippen LogP contribution in [0.4, 0.5) is 28.0 Å². The molecule has 0 saturated heterocycles. The molecule has 5 nitrogen and oxygen atoms in total. The summed E-state index contributed by atoms with van der Waals surface area (Å²) in [5.41, 5.74) is -1.91. The predicted molar refractivity (Wildman–Crippen MR) is 99.7 cm³/mol. The van der Waals surface area contributed by atoms with E-state index in [1.807, 2.05) is 0 Å². The molecule has 2 rings (SSSR count). The fourth-order valence-corrected chi connectivity index (χ4v) is 2.79. The Morgan fingerprint density at radius 3 is 2.14 bits per heavy atom. The lowest BCUT2D eigenvalue weighted by Gasteiger charge is -2.34. The number of hydrogen-bond donors (Lipinski definition) is 1. The van der Waals surface area contributed by atoms with Gasteiger partial charge in [-0.1, -0.05) is 11.6 Å². The number of methoxy groups -OCH3 is 1. The quantitative estimate of drug-likeness (QED) is 0.551. The van der Waals surface area contributed by atoms with Gasteiger partial charge in [0.25, 0.3) is 0 Å². The zero-order valence-corrected chi connectivity index (χ0v) is 16.7. The number of carbonyl (C=O) groups is 1. The largest absolute Gasteiger partial charge is 0.494 e. The van der Waals surface area contributed by atoms with Gasteiger partial charge >= 0.3 is 12.3 Å². The van der Waals surface area contributed by atoms with E-state index in [2.05, 4.69) is 0 Å². The highest BCUT2D eigenvalue weighted by molar-refractivity contribution is 6.32. The molecule has 10 heteroatoms. The van der Waals surface area contributed by atoms with Gasteiger partial charge in [-0.2, -0.15) is 13.2 Å². The molecule has 0 saturated carbocycles. The maximum atomic E-state index is 14.5. The van der Waals surface area contributed by atoms with Gasteiger partial charge in [0.1, 0.15) is 11.5 Å². The number of anilines is 1. The van der Waals surface area contributed by atoms with E-state index in [4.69, 9.17) is 21.1 Å². The van der Waals surface area contributed by atoms with Crippen molar-refractivity contribution in [1.82, 2.24) is 0 Å². The fourth-order valence-electron chi connectivity index (χ4n) is 2.57. The SMILES string of the molecule is COc1cc(F)c(Oc2ccc(C(F)(F)F)cc2Cl)cc1N(C(=O)O)C(C)(C)C. The van der Waals surface area contributed by atoms with E-state index >= 15 is 0 Å². The number of rotatable bonds is 4. The molecule has 2 aromatic carbocycles. The van der Waals surface area contributed by atoms with Crippen molar-refractivity contribution in [2.45, 2.75) is 32.5 Å². The van der Waals surface area contributed by atoms with E-state index in [1.54, 1.807) is 20.8 Å². The fraction of sp³-hybridized carbons (Fsp3) is 0.316. The molecule has 0 aliphatic heterocycles. The summed E-state index contributed by atoms with van der Waals surface area (Å²) in [6, 6.07) is 4.35. The minimum atomic E-state index is -4.60. The van der Waals surface area contributed by atoms with Gasteiger partial charge in [-0.3, -0.25) is 4.90 Å². The minimum absolute atomic E-state index is 0.00747. The Hall–Kier alpha value is -2.68. The normalized spacial score (nSPS) is 11.9. The highest BCUT2D eigenvalue weighted by Crippen LogP contribution is 2.41. The summed E-state index contributed by atoms with van der Waals surface area (Å²) in [5.74, 6) is -1.64. The lowest BCUT2D eigenvalue weighted by Crippen LogP contribution is -2.45. The summed E-state index contributed by atoms with van der Waals surface area (Å²) in [7, 11) is 1.24. The molecule has 0 heterocycles. The summed E-state index contributed by atoms with van der Waals surface area (Å²) in [6.07, 6.45) is -5.92.